The zero-order chi connectivity index (χ0) is 30.2. The minimum atomic E-state index is -1.42. The molecule has 0 heterocycles. The predicted octanol–water partition coefficient (Wildman–Crippen LogP) is 9.50. The molecule has 8 atom stereocenters. The van der Waals surface area contributed by atoms with Gasteiger partial charge >= 0.3 is 0 Å². The fourth-order valence-corrected chi connectivity index (χ4v) is 8.48. The van der Waals surface area contributed by atoms with Crippen molar-refractivity contribution in [1.29, 1.82) is 0 Å². The number of rotatable bonds is 7. The van der Waals surface area contributed by atoms with Crippen LogP contribution in [0.2, 0.25) is 0 Å². The highest BCUT2D eigenvalue weighted by Gasteiger charge is 2.40. The van der Waals surface area contributed by atoms with Crippen molar-refractivity contribution in [2.45, 2.75) is 167 Å². The first kappa shape index (κ1) is 39.7. The first-order chi connectivity index (χ1) is 20.1. The lowest BCUT2D eigenvalue weighted by Crippen LogP contribution is -2.42. The van der Waals surface area contributed by atoms with Gasteiger partial charge in [-0.1, -0.05) is 53.4 Å². The molecule has 4 N–H and O–H groups in total. The molecule has 5 aliphatic rings. The quantitative estimate of drug-likeness (QED) is 0.259. The summed E-state index contributed by atoms with van der Waals surface area (Å²) >= 11 is 0. The minimum absolute atomic E-state index is 0. The van der Waals surface area contributed by atoms with Crippen molar-refractivity contribution in [3.05, 3.63) is 0 Å². The summed E-state index contributed by atoms with van der Waals surface area (Å²) < 4.78 is 66.8. The molecule has 5 rings (SSSR count). The molecule has 0 aliphatic heterocycles. The molecular formula is C36H72F4O4. The zero-order valence-electron chi connectivity index (χ0n) is 28.1. The van der Waals surface area contributed by atoms with Gasteiger partial charge < -0.3 is 20.4 Å². The molecule has 8 unspecified atom stereocenters. The third-order valence-corrected chi connectivity index (χ3v) is 12.1. The molecule has 0 spiro atoms. The van der Waals surface area contributed by atoms with Crippen molar-refractivity contribution in [1.82, 2.24) is 0 Å². The van der Waals surface area contributed by atoms with Crippen LogP contribution in [0.3, 0.4) is 0 Å². The second-order valence-corrected chi connectivity index (χ2v) is 15.6. The van der Waals surface area contributed by atoms with Gasteiger partial charge in [0.2, 0.25) is 0 Å². The predicted molar refractivity (Wildman–Crippen MR) is 177 cm³/mol. The van der Waals surface area contributed by atoms with E-state index in [0.29, 0.717) is 37.9 Å². The Labute approximate surface area is 270 Å². The summed E-state index contributed by atoms with van der Waals surface area (Å²) in [5, 5.41) is 0. The van der Waals surface area contributed by atoms with Crippen molar-refractivity contribution in [3.8, 4) is 0 Å². The maximum atomic E-state index is 14.1. The van der Waals surface area contributed by atoms with Gasteiger partial charge in [0, 0.05) is 17.5 Å². The number of alkyl halides is 4. The maximum Gasteiger partial charge on any atom is 0.157 e. The molecule has 268 valence electrons. The minimum Gasteiger partial charge on any atom is -0.412 e. The van der Waals surface area contributed by atoms with E-state index in [0.717, 1.165) is 36.5 Å². The Morgan fingerprint density at radius 2 is 0.750 bits per heavy atom. The summed E-state index contributed by atoms with van der Waals surface area (Å²) in [6.07, 6.45) is 11.9. The molecule has 0 aromatic carbocycles. The van der Waals surface area contributed by atoms with Gasteiger partial charge in [-0.05, 0) is 124 Å². The van der Waals surface area contributed by atoms with Gasteiger partial charge in [0.05, 0.1) is 12.2 Å². The Hall–Kier alpha value is -0.440. The van der Waals surface area contributed by atoms with Crippen molar-refractivity contribution >= 4 is 0 Å². The standard InChI is InChI=1S/C21H36F2O.C15H26F2O.2H2O.3H2/c1-14-3-8-17(9-4-14)18-10-6-16(7-11-18)13-24-19-12-5-15(2)20(22)21(19)23;1-10-3-6-12(7-4-10)9-18-13-8-5-11(2)14(16)15(13)17;;;;;/h14-21H,3-13H2,1-2H3;10-15H,3-9H2,1-2H3;2*1H2;3*1H. The fraction of sp³-hybridized carbons (Fsp3) is 1.00. The van der Waals surface area contributed by atoms with Crippen LogP contribution >= 0.6 is 0 Å². The number of ether oxygens (including phenoxy) is 2. The van der Waals surface area contributed by atoms with Crippen LogP contribution < -0.4 is 0 Å². The Morgan fingerprint density at radius 3 is 1.14 bits per heavy atom. The van der Waals surface area contributed by atoms with E-state index in [-0.39, 0.29) is 27.1 Å². The summed E-state index contributed by atoms with van der Waals surface area (Å²) in [7, 11) is 0. The first-order valence-corrected chi connectivity index (χ1v) is 17.9. The van der Waals surface area contributed by atoms with Crippen molar-refractivity contribution < 1.29 is 42.3 Å². The summed E-state index contributed by atoms with van der Waals surface area (Å²) in [4.78, 5) is 0. The average Bonchev–Trinajstić information content (AvgIpc) is 3.00. The second-order valence-electron chi connectivity index (χ2n) is 15.6. The van der Waals surface area contributed by atoms with Gasteiger partial charge in [0.15, 0.2) is 12.3 Å². The van der Waals surface area contributed by atoms with Crippen LogP contribution in [0.1, 0.15) is 135 Å². The summed E-state index contributed by atoms with van der Waals surface area (Å²) in [6, 6.07) is 0. The van der Waals surface area contributed by atoms with Gasteiger partial charge in [-0.25, -0.2) is 17.6 Å². The van der Waals surface area contributed by atoms with Gasteiger partial charge in [0.25, 0.3) is 0 Å². The Kier molecular flexibility index (Phi) is 17.5. The van der Waals surface area contributed by atoms with Gasteiger partial charge in [-0.2, -0.15) is 0 Å². The molecule has 44 heavy (non-hydrogen) atoms. The molecule has 0 amide bonds. The number of halogens is 4. The highest BCUT2D eigenvalue weighted by Crippen LogP contribution is 2.42. The van der Waals surface area contributed by atoms with Gasteiger partial charge in [-0.3, -0.25) is 0 Å². The molecular weight excluding hydrogens is 572 g/mol. The van der Waals surface area contributed by atoms with E-state index in [1.807, 2.05) is 0 Å². The molecule has 5 aliphatic carbocycles. The van der Waals surface area contributed by atoms with E-state index in [1.165, 1.54) is 77.0 Å². The zero-order valence-corrected chi connectivity index (χ0v) is 28.1. The fourth-order valence-electron chi connectivity index (χ4n) is 8.48. The van der Waals surface area contributed by atoms with Crippen molar-refractivity contribution in [2.24, 2.45) is 47.3 Å². The van der Waals surface area contributed by atoms with E-state index >= 15 is 0 Å². The SMILES string of the molecule is CC1CCC(C2CCC(COC3CCC(C)C(F)C3F)CC2)CC1.CC1CCC(COC2CCC(C)C(F)C2F)CC1.O.O.[HH].[HH].[HH]. The molecule has 4 nitrogen and oxygen atoms in total. The molecule has 0 radical (unpaired) electrons. The third-order valence-electron chi connectivity index (χ3n) is 12.1. The number of hydrogen-bond donors (Lipinski definition) is 0. The Morgan fingerprint density at radius 1 is 0.432 bits per heavy atom. The molecule has 0 aromatic heterocycles. The maximum absolute atomic E-state index is 14.1. The lowest BCUT2D eigenvalue weighted by atomic mass is 9.69. The summed E-state index contributed by atoms with van der Waals surface area (Å²) in [5.41, 5.74) is 0. The molecule has 8 heteroatoms. The van der Waals surface area contributed by atoms with E-state index in [4.69, 9.17) is 9.47 Å². The molecule has 0 saturated heterocycles. The largest absolute Gasteiger partial charge is 0.412 e. The van der Waals surface area contributed by atoms with Crippen LogP contribution in [-0.2, 0) is 9.47 Å². The highest BCUT2D eigenvalue weighted by atomic mass is 19.2. The highest BCUT2D eigenvalue weighted by molar-refractivity contribution is 4.89. The van der Waals surface area contributed by atoms with Crippen LogP contribution in [0, 0.1) is 47.3 Å². The van der Waals surface area contributed by atoms with E-state index < -0.39 is 36.9 Å². The lowest BCUT2D eigenvalue weighted by Gasteiger charge is -2.38. The summed E-state index contributed by atoms with van der Waals surface area (Å²) in [6.45, 7) is 9.53. The van der Waals surface area contributed by atoms with Crippen LogP contribution in [-0.4, -0.2) is 61.1 Å². The van der Waals surface area contributed by atoms with Gasteiger partial charge in [0.1, 0.15) is 12.3 Å². The van der Waals surface area contributed by atoms with Crippen LogP contribution in [0.15, 0.2) is 0 Å². The monoisotopic (exact) mass is 645 g/mol. The molecule has 5 saturated carbocycles. The van der Waals surface area contributed by atoms with Crippen molar-refractivity contribution in [3.63, 3.8) is 0 Å². The smallest absolute Gasteiger partial charge is 0.157 e. The Balaban J connectivity index is 0. The average molecular weight is 645 g/mol. The second kappa shape index (κ2) is 19.4. The van der Waals surface area contributed by atoms with Gasteiger partial charge in [-0.15, -0.1) is 0 Å². The lowest BCUT2D eigenvalue weighted by molar-refractivity contribution is -0.0840. The Bertz CT molecular complexity index is 769. The van der Waals surface area contributed by atoms with Crippen LogP contribution in [0.4, 0.5) is 17.6 Å². The van der Waals surface area contributed by atoms with Crippen LogP contribution in [0.5, 0.6) is 0 Å². The first-order valence-electron chi connectivity index (χ1n) is 17.9. The van der Waals surface area contributed by atoms with Crippen LogP contribution in [0.25, 0.3) is 0 Å². The third kappa shape index (κ3) is 11.4. The van der Waals surface area contributed by atoms with E-state index in [2.05, 4.69) is 13.8 Å². The van der Waals surface area contributed by atoms with E-state index in [1.54, 1.807) is 13.8 Å². The van der Waals surface area contributed by atoms with Crippen molar-refractivity contribution in [2.75, 3.05) is 13.2 Å². The number of hydrogen-bond acceptors (Lipinski definition) is 2. The summed E-state index contributed by atoms with van der Waals surface area (Å²) in [5.74, 6) is 4.42. The normalized spacial score (nSPS) is 44.7. The topological polar surface area (TPSA) is 81.5 Å². The molecule has 5 fully saturated rings. The molecule has 0 aromatic rings. The molecule has 0 bridgehead atoms. The van der Waals surface area contributed by atoms with E-state index in [9.17, 15) is 17.6 Å².